The van der Waals surface area contributed by atoms with Crippen LogP contribution in [0.1, 0.15) is 12.0 Å². The number of hydrogen-bond acceptors (Lipinski definition) is 2. The quantitative estimate of drug-likeness (QED) is 0.767. The van der Waals surface area contributed by atoms with Crippen molar-refractivity contribution >= 4 is 11.6 Å². The zero-order valence-electron chi connectivity index (χ0n) is 8.21. The number of hydrogen-bond donors (Lipinski definition) is 1. The number of rotatable bonds is 1. The molecule has 1 N–H and O–H groups in total. The Morgan fingerprint density at radius 3 is 2.88 bits per heavy atom. The van der Waals surface area contributed by atoms with E-state index >= 15 is 0 Å². The molecular weight excluding hydrogens is 214 g/mol. The normalized spacial score (nSPS) is 26.9. The van der Waals surface area contributed by atoms with Crippen LogP contribution in [0, 0.1) is 23.5 Å². The van der Waals surface area contributed by atoms with Crippen LogP contribution >= 0.6 is 0 Å². The number of hydrazone groups is 1. The average molecular weight is 222 g/mol. The lowest BCUT2D eigenvalue weighted by Gasteiger charge is -2.12. The van der Waals surface area contributed by atoms with Gasteiger partial charge >= 0.3 is 0 Å². The van der Waals surface area contributed by atoms with Crippen molar-refractivity contribution in [2.75, 3.05) is 0 Å². The molecule has 0 bridgehead atoms. The Labute approximate surface area is 90.2 Å². The van der Waals surface area contributed by atoms with Gasteiger partial charge in [-0.2, -0.15) is 5.10 Å². The van der Waals surface area contributed by atoms with E-state index in [0.717, 1.165) is 6.07 Å². The molecule has 2 aliphatic rings. The maximum absolute atomic E-state index is 13.5. The lowest BCUT2D eigenvalue weighted by atomic mass is 10.0. The van der Waals surface area contributed by atoms with Crippen LogP contribution in [0.25, 0.3) is 0 Å². The van der Waals surface area contributed by atoms with E-state index in [2.05, 4.69) is 10.5 Å². The largest absolute Gasteiger partial charge is 0.273 e. The molecular formula is C11H8F2N2O. The van der Waals surface area contributed by atoms with Crippen LogP contribution in [0.5, 0.6) is 0 Å². The van der Waals surface area contributed by atoms with Crippen molar-refractivity contribution in [3.63, 3.8) is 0 Å². The smallest absolute Gasteiger partial charge is 0.243 e. The standard InChI is InChI=1S/C11H8F2N2O/c12-5-1-2-6(9(13)3-5)10-7-4-8(7)11(16)15-14-10/h1-3,7-8H,4H2,(H,15,16)/t7-,8+/m0/s1. The monoisotopic (exact) mass is 222 g/mol. The van der Waals surface area contributed by atoms with Gasteiger partial charge in [-0.3, -0.25) is 4.79 Å². The van der Waals surface area contributed by atoms with Crippen LogP contribution in [0.15, 0.2) is 23.3 Å². The summed E-state index contributed by atoms with van der Waals surface area (Å²) < 4.78 is 26.2. The van der Waals surface area contributed by atoms with E-state index in [0.29, 0.717) is 12.1 Å². The Kier molecular flexibility index (Phi) is 1.83. The lowest BCUT2D eigenvalue weighted by Crippen LogP contribution is -2.29. The van der Waals surface area contributed by atoms with Gasteiger partial charge in [-0.25, -0.2) is 14.2 Å². The van der Waals surface area contributed by atoms with Crippen LogP contribution in [-0.4, -0.2) is 11.6 Å². The molecule has 1 saturated carbocycles. The van der Waals surface area contributed by atoms with Gasteiger partial charge in [-0.05, 0) is 18.6 Å². The van der Waals surface area contributed by atoms with E-state index in [1.807, 2.05) is 0 Å². The Hall–Kier alpha value is -1.78. The van der Waals surface area contributed by atoms with Crippen molar-refractivity contribution < 1.29 is 13.6 Å². The van der Waals surface area contributed by atoms with Crippen LogP contribution in [0.3, 0.4) is 0 Å². The Morgan fingerprint density at radius 2 is 2.12 bits per heavy atom. The van der Waals surface area contributed by atoms with Gasteiger partial charge in [-0.1, -0.05) is 0 Å². The van der Waals surface area contributed by atoms with Crippen molar-refractivity contribution in [3.05, 3.63) is 35.4 Å². The third-order valence-electron chi connectivity index (χ3n) is 2.97. The minimum atomic E-state index is -0.638. The molecule has 1 aliphatic carbocycles. The summed E-state index contributed by atoms with van der Waals surface area (Å²) in [5, 5.41) is 3.85. The van der Waals surface area contributed by atoms with E-state index in [9.17, 15) is 13.6 Å². The summed E-state index contributed by atoms with van der Waals surface area (Å²) in [5.41, 5.74) is 3.14. The van der Waals surface area contributed by atoms with E-state index in [1.165, 1.54) is 12.1 Å². The number of benzene rings is 1. The molecule has 1 aromatic carbocycles. The third kappa shape index (κ3) is 1.31. The topological polar surface area (TPSA) is 41.5 Å². The highest BCUT2D eigenvalue weighted by molar-refractivity contribution is 6.09. The van der Waals surface area contributed by atoms with E-state index in [4.69, 9.17) is 0 Å². The first-order valence-corrected chi connectivity index (χ1v) is 4.99. The highest BCUT2D eigenvalue weighted by Gasteiger charge is 2.49. The number of nitrogens with zero attached hydrogens (tertiary/aromatic N) is 1. The first kappa shape index (κ1) is 9.45. The Bertz CT molecular complexity index is 513. The molecule has 1 fully saturated rings. The second kappa shape index (κ2) is 3.10. The van der Waals surface area contributed by atoms with Crippen molar-refractivity contribution in [2.45, 2.75) is 6.42 Å². The van der Waals surface area contributed by atoms with Crippen LogP contribution in [-0.2, 0) is 4.79 Å². The van der Waals surface area contributed by atoms with Crippen LogP contribution in [0.4, 0.5) is 8.78 Å². The SMILES string of the molecule is O=C1NN=C(c2ccc(F)cc2F)[C@H]2C[C@@H]12. The molecule has 1 aliphatic heterocycles. The molecule has 0 radical (unpaired) electrons. The number of carbonyl (C=O) groups is 1. The molecule has 1 aromatic rings. The number of fused-ring (bicyclic) bond motifs is 1. The van der Waals surface area contributed by atoms with Crippen molar-refractivity contribution in [3.8, 4) is 0 Å². The number of nitrogens with one attached hydrogen (secondary N) is 1. The van der Waals surface area contributed by atoms with Gasteiger partial charge in [0.05, 0.1) is 5.71 Å². The first-order valence-electron chi connectivity index (χ1n) is 4.99. The summed E-state index contributed by atoms with van der Waals surface area (Å²) in [6, 6.07) is 3.37. The van der Waals surface area contributed by atoms with Gasteiger partial charge < -0.3 is 0 Å². The minimum absolute atomic E-state index is 0.00582. The van der Waals surface area contributed by atoms with Crippen molar-refractivity contribution in [1.82, 2.24) is 5.43 Å². The molecule has 0 spiro atoms. The predicted molar refractivity (Wildman–Crippen MR) is 52.6 cm³/mol. The summed E-state index contributed by atoms with van der Waals surface area (Å²) in [5.74, 6) is -1.46. The minimum Gasteiger partial charge on any atom is -0.273 e. The van der Waals surface area contributed by atoms with Crippen LogP contribution < -0.4 is 5.43 Å². The molecule has 3 rings (SSSR count). The molecule has 0 unspecified atom stereocenters. The first-order chi connectivity index (χ1) is 7.66. The van der Waals surface area contributed by atoms with Gasteiger partial charge in [0.15, 0.2) is 0 Å². The fourth-order valence-corrected chi connectivity index (χ4v) is 2.03. The fraction of sp³-hybridized carbons (Fsp3) is 0.273. The number of carbonyl (C=O) groups excluding carboxylic acids is 1. The van der Waals surface area contributed by atoms with Gasteiger partial charge in [0.2, 0.25) is 5.91 Å². The van der Waals surface area contributed by atoms with Crippen molar-refractivity contribution in [1.29, 1.82) is 0 Å². The van der Waals surface area contributed by atoms with Crippen molar-refractivity contribution in [2.24, 2.45) is 16.9 Å². The van der Waals surface area contributed by atoms with Gasteiger partial charge in [-0.15, -0.1) is 0 Å². The van der Waals surface area contributed by atoms with Gasteiger partial charge in [0, 0.05) is 23.5 Å². The Morgan fingerprint density at radius 1 is 1.31 bits per heavy atom. The number of halogens is 2. The summed E-state index contributed by atoms with van der Waals surface area (Å²) in [6.07, 6.45) is 0.696. The molecule has 2 atom stereocenters. The lowest BCUT2D eigenvalue weighted by molar-refractivity contribution is -0.122. The molecule has 82 valence electrons. The molecule has 3 nitrogen and oxygen atoms in total. The summed E-state index contributed by atoms with van der Waals surface area (Å²) in [7, 11) is 0. The molecule has 16 heavy (non-hydrogen) atoms. The molecule has 1 amide bonds. The van der Waals surface area contributed by atoms with E-state index < -0.39 is 11.6 Å². The third-order valence-corrected chi connectivity index (χ3v) is 2.97. The summed E-state index contributed by atoms with van der Waals surface area (Å²) >= 11 is 0. The number of amides is 1. The highest BCUT2D eigenvalue weighted by Crippen LogP contribution is 2.43. The molecule has 5 heteroatoms. The van der Waals surface area contributed by atoms with Crippen LogP contribution in [0.2, 0.25) is 0 Å². The van der Waals surface area contributed by atoms with Gasteiger partial charge in [0.25, 0.3) is 0 Å². The maximum atomic E-state index is 13.5. The fourth-order valence-electron chi connectivity index (χ4n) is 2.03. The Balaban J connectivity index is 2.02. The zero-order chi connectivity index (χ0) is 11.3. The summed E-state index contributed by atoms with van der Waals surface area (Å²) in [4.78, 5) is 11.2. The van der Waals surface area contributed by atoms with E-state index in [1.54, 1.807) is 0 Å². The van der Waals surface area contributed by atoms with Gasteiger partial charge in [0.1, 0.15) is 11.6 Å². The second-order valence-electron chi connectivity index (χ2n) is 4.05. The maximum Gasteiger partial charge on any atom is 0.243 e. The molecule has 0 saturated heterocycles. The molecule has 0 aromatic heterocycles. The molecule has 1 heterocycles. The average Bonchev–Trinajstić information content (AvgIpc) is 3.00. The van der Waals surface area contributed by atoms with E-state index in [-0.39, 0.29) is 23.3 Å². The second-order valence-corrected chi connectivity index (χ2v) is 4.05. The summed E-state index contributed by atoms with van der Waals surface area (Å²) in [6.45, 7) is 0. The predicted octanol–water partition coefficient (Wildman–Crippen LogP) is 1.43. The highest BCUT2D eigenvalue weighted by atomic mass is 19.1. The zero-order valence-corrected chi connectivity index (χ0v) is 8.21.